The number of rotatable bonds is 3. The Morgan fingerprint density at radius 1 is 1.59 bits per heavy atom. The van der Waals surface area contributed by atoms with Crippen LogP contribution in [0, 0.1) is 0 Å². The van der Waals surface area contributed by atoms with Gasteiger partial charge in [0.25, 0.3) is 0 Å². The molecule has 0 aromatic carbocycles. The Labute approximate surface area is 105 Å². The van der Waals surface area contributed by atoms with Crippen molar-refractivity contribution in [3.63, 3.8) is 0 Å². The van der Waals surface area contributed by atoms with Crippen molar-refractivity contribution in [2.45, 2.75) is 23.8 Å². The summed E-state index contributed by atoms with van der Waals surface area (Å²) in [6.07, 6.45) is 2.87. The monoisotopic (exact) mass is 276 g/mol. The molecule has 1 N–H and O–H groups in total. The van der Waals surface area contributed by atoms with Crippen LogP contribution in [0.2, 0.25) is 5.15 Å². The molecule has 0 unspecified atom stereocenters. The molecule has 0 bridgehead atoms. The minimum atomic E-state index is -3.65. The van der Waals surface area contributed by atoms with Gasteiger partial charge in [-0.15, -0.1) is 0 Å². The fourth-order valence-electron chi connectivity index (χ4n) is 2.00. The Hall–Kier alpha value is -0.690. The number of nitrogens with zero attached hydrogens (tertiary/aromatic N) is 2. The Morgan fingerprint density at radius 2 is 2.35 bits per heavy atom. The lowest BCUT2D eigenvalue weighted by Crippen LogP contribution is -2.37. The molecule has 1 aliphatic heterocycles. The standard InChI is InChI=1S/C10H13ClN2O3S/c11-10-9(4-1-5-12-10)17(15,16)13-6-2-3-8(13)7-14/h1,4-5,8,14H,2-3,6-7H2/t8-/m0/s1. The highest BCUT2D eigenvalue weighted by atomic mass is 35.5. The first-order valence-corrected chi connectivity index (χ1v) is 7.12. The van der Waals surface area contributed by atoms with Crippen molar-refractivity contribution in [1.82, 2.24) is 9.29 Å². The molecule has 0 aliphatic carbocycles. The van der Waals surface area contributed by atoms with Crippen LogP contribution in [0.5, 0.6) is 0 Å². The lowest BCUT2D eigenvalue weighted by Gasteiger charge is -2.22. The van der Waals surface area contributed by atoms with Crippen molar-refractivity contribution < 1.29 is 13.5 Å². The highest BCUT2D eigenvalue weighted by Crippen LogP contribution is 2.28. The van der Waals surface area contributed by atoms with E-state index < -0.39 is 10.0 Å². The van der Waals surface area contributed by atoms with Gasteiger partial charge >= 0.3 is 0 Å². The molecule has 0 spiro atoms. The topological polar surface area (TPSA) is 70.5 Å². The molecule has 1 atom stereocenters. The largest absolute Gasteiger partial charge is 0.395 e. The van der Waals surface area contributed by atoms with E-state index in [1.54, 1.807) is 0 Å². The first kappa shape index (κ1) is 12.8. The molecule has 2 heterocycles. The molecule has 94 valence electrons. The van der Waals surface area contributed by atoms with Gasteiger partial charge < -0.3 is 5.11 Å². The number of hydrogen-bond acceptors (Lipinski definition) is 4. The van der Waals surface area contributed by atoms with Crippen LogP contribution in [-0.4, -0.2) is 42.0 Å². The van der Waals surface area contributed by atoms with Gasteiger partial charge in [0.05, 0.1) is 6.61 Å². The van der Waals surface area contributed by atoms with Gasteiger partial charge in [-0.2, -0.15) is 4.31 Å². The van der Waals surface area contributed by atoms with Gasteiger partial charge in [-0.25, -0.2) is 13.4 Å². The fraction of sp³-hybridized carbons (Fsp3) is 0.500. The Morgan fingerprint density at radius 3 is 3.00 bits per heavy atom. The molecule has 1 aromatic heterocycles. The molecule has 1 saturated heterocycles. The molecular weight excluding hydrogens is 264 g/mol. The SMILES string of the molecule is O=S(=O)(c1cccnc1Cl)N1CCC[C@H]1CO. The Kier molecular flexibility index (Phi) is 3.67. The summed E-state index contributed by atoms with van der Waals surface area (Å²) in [5.41, 5.74) is 0. The minimum Gasteiger partial charge on any atom is -0.395 e. The Balaban J connectivity index is 2.40. The highest BCUT2D eigenvalue weighted by molar-refractivity contribution is 7.89. The van der Waals surface area contributed by atoms with E-state index in [4.69, 9.17) is 16.7 Å². The second kappa shape index (κ2) is 4.89. The molecule has 1 fully saturated rings. The van der Waals surface area contributed by atoms with Crippen LogP contribution in [0.1, 0.15) is 12.8 Å². The summed E-state index contributed by atoms with van der Waals surface area (Å²) in [4.78, 5) is 3.77. The molecule has 2 rings (SSSR count). The first-order chi connectivity index (χ1) is 8.07. The summed E-state index contributed by atoms with van der Waals surface area (Å²) in [7, 11) is -3.65. The van der Waals surface area contributed by atoms with E-state index in [2.05, 4.69) is 4.98 Å². The van der Waals surface area contributed by atoms with Crippen molar-refractivity contribution in [3.8, 4) is 0 Å². The van der Waals surface area contributed by atoms with Crippen molar-refractivity contribution in [3.05, 3.63) is 23.5 Å². The third-order valence-corrected chi connectivity index (χ3v) is 5.24. The number of aromatic nitrogens is 1. The number of aliphatic hydroxyl groups excluding tert-OH is 1. The van der Waals surface area contributed by atoms with Gasteiger partial charge in [0.2, 0.25) is 10.0 Å². The summed E-state index contributed by atoms with van der Waals surface area (Å²) in [6, 6.07) is 2.61. The predicted molar refractivity (Wildman–Crippen MR) is 63.2 cm³/mol. The zero-order valence-corrected chi connectivity index (χ0v) is 10.7. The number of aliphatic hydroxyl groups is 1. The van der Waals surface area contributed by atoms with Crippen molar-refractivity contribution in [2.75, 3.05) is 13.2 Å². The molecule has 7 heteroatoms. The smallest absolute Gasteiger partial charge is 0.246 e. The van der Waals surface area contributed by atoms with E-state index in [0.717, 1.165) is 6.42 Å². The quantitative estimate of drug-likeness (QED) is 0.832. The average molecular weight is 277 g/mol. The third-order valence-electron chi connectivity index (χ3n) is 2.85. The summed E-state index contributed by atoms with van der Waals surface area (Å²) >= 11 is 5.80. The van der Waals surface area contributed by atoms with Crippen LogP contribution in [0.15, 0.2) is 23.2 Å². The molecule has 1 aromatic rings. The number of hydrogen-bond donors (Lipinski definition) is 1. The van der Waals surface area contributed by atoms with Gasteiger partial charge in [0, 0.05) is 18.8 Å². The lowest BCUT2D eigenvalue weighted by atomic mass is 10.2. The summed E-state index contributed by atoms with van der Waals surface area (Å²) in [6.45, 7) is 0.246. The summed E-state index contributed by atoms with van der Waals surface area (Å²) < 4.78 is 25.9. The number of sulfonamides is 1. The van der Waals surface area contributed by atoms with Crippen molar-refractivity contribution in [1.29, 1.82) is 0 Å². The van der Waals surface area contributed by atoms with Crippen LogP contribution in [-0.2, 0) is 10.0 Å². The van der Waals surface area contributed by atoms with Gasteiger partial charge in [-0.05, 0) is 25.0 Å². The number of halogens is 1. The van der Waals surface area contributed by atoms with Crippen LogP contribution in [0.25, 0.3) is 0 Å². The predicted octanol–water partition coefficient (Wildman–Crippen LogP) is 0.880. The van der Waals surface area contributed by atoms with E-state index in [1.807, 2.05) is 0 Å². The molecule has 0 amide bonds. The van der Waals surface area contributed by atoms with Crippen LogP contribution < -0.4 is 0 Å². The molecule has 17 heavy (non-hydrogen) atoms. The maximum absolute atomic E-state index is 12.3. The van der Waals surface area contributed by atoms with E-state index in [-0.39, 0.29) is 22.7 Å². The van der Waals surface area contributed by atoms with E-state index >= 15 is 0 Å². The van der Waals surface area contributed by atoms with Gasteiger partial charge in [0.15, 0.2) is 0 Å². The summed E-state index contributed by atoms with van der Waals surface area (Å²) in [5.74, 6) is 0. The Bertz CT molecular complexity index is 506. The molecule has 5 nitrogen and oxygen atoms in total. The first-order valence-electron chi connectivity index (χ1n) is 5.30. The van der Waals surface area contributed by atoms with Crippen molar-refractivity contribution in [2.24, 2.45) is 0 Å². The van der Waals surface area contributed by atoms with Crippen LogP contribution >= 0.6 is 11.6 Å². The van der Waals surface area contributed by atoms with E-state index in [0.29, 0.717) is 13.0 Å². The second-order valence-corrected chi connectivity index (χ2v) is 6.10. The van der Waals surface area contributed by atoms with Crippen molar-refractivity contribution >= 4 is 21.6 Å². The summed E-state index contributed by atoms with van der Waals surface area (Å²) in [5, 5.41) is 9.13. The minimum absolute atomic E-state index is 0.00187. The normalized spacial score (nSPS) is 21.9. The average Bonchev–Trinajstić information content (AvgIpc) is 2.78. The zero-order chi connectivity index (χ0) is 12.5. The third kappa shape index (κ3) is 2.30. The maximum atomic E-state index is 12.3. The second-order valence-electron chi connectivity index (χ2n) is 3.89. The lowest BCUT2D eigenvalue weighted by molar-refractivity contribution is 0.213. The molecular formula is C10H13ClN2O3S. The fourth-order valence-corrected chi connectivity index (χ4v) is 4.11. The number of pyridine rings is 1. The van der Waals surface area contributed by atoms with Crippen LogP contribution in [0.3, 0.4) is 0 Å². The van der Waals surface area contributed by atoms with Gasteiger partial charge in [0.1, 0.15) is 10.0 Å². The molecule has 0 saturated carbocycles. The molecule has 0 radical (unpaired) electrons. The zero-order valence-electron chi connectivity index (χ0n) is 9.08. The van der Waals surface area contributed by atoms with Gasteiger partial charge in [-0.3, -0.25) is 0 Å². The van der Waals surface area contributed by atoms with Gasteiger partial charge in [-0.1, -0.05) is 11.6 Å². The molecule has 1 aliphatic rings. The van der Waals surface area contributed by atoms with Crippen LogP contribution in [0.4, 0.5) is 0 Å². The van der Waals surface area contributed by atoms with E-state index in [1.165, 1.54) is 22.6 Å². The highest BCUT2D eigenvalue weighted by Gasteiger charge is 2.36. The van der Waals surface area contributed by atoms with E-state index in [9.17, 15) is 8.42 Å². The maximum Gasteiger partial charge on any atom is 0.246 e.